The van der Waals surface area contributed by atoms with Crippen LogP contribution in [-0.4, -0.2) is 38.6 Å². The van der Waals surface area contributed by atoms with Crippen LogP contribution >= 0.6 is 0 Å². The van der Waals surface area contributed by atoms with Gasteiger partial charge in [-0.15, -0.1) is 0 Å². The first-order valence-corrected chi connectivity index (χ1v) is 21.5. The van der Waals surface area contributed by atoms with Gasteiger partial charge in [-0.3, -0.25) is 0 Å². The Morgan fingerprint density at radius 3 is 1.77 bits per heavy atom. The van der Waals surface area contributed by atoms with Gasteiger partial charge in [-0.25, -0.2) is 24.9 Å². The van der Waals surface area contributed by atoms with Gasteiger partial charge in [-0.1, -0.05) is 183 Å². The molecule has 7 nitrogen and oxygen atoms in total. The van der Waals surface area contributed by atoms with Crippen LogP contribution in [0.1, 0.15) is 47.6 Å². The van der Waals surface area contributed by atoms with Crippen molar-refractivity contribution in [2.24, 2.45) is 15.9 Å². The van der Waals surface area contributed by atoms with Crippen LogP contribution < -0.4 is 0 Å². The molecule has 10 rings (SSSR count). The third-order valence-electron chi connectivity index (χ3n) is 11.9. The van der Waals surface area contributed by atoms with Crippen molar-refractivity contribution < 1.29 is 0 Å². The van der Waals surface area contributed by atoms with Crippen molar-refractivity contribution in [3.63, 3.8) is 0 Å². The van der Waals surface area contributed by atoms with Crippen LogP contribution in [0.4, 0.5) is 0 Å². The monoisotopic (exact) mass is 825 g/mol. The Hall–Kier alpha value is -8.34. The van der Waals surface area contributed by atoms with Gasteiger partial charge < -0.3 is 4.90 Å². The summed E-state index contributed by atoms with van der Waals surface area (Å²) in [6.07, 6.45) is 7.07. The number of nitriles is 1. The molecule has 1 aliphatic heterocycles. The van der Waals surface area contributed by atoms with Gasteiger partial charge in [0.15, 0.2) is 23.3 Å². The molecule has 0 saturated heterocycles. The number of nitrogens with zero attached hydrogens (tertiary/aromatic N) is 7. The van der Waals surface area contributed by atoms with Gasteiger partial charge in [0.1, 0.15) is 12.0 Å². The summed E-state index contributed by atoms with van der Waals surface area (Å²) in [5.41, 5.74) is 12.5. The highest BCUT2D eigenvalue weighted by Gasteiger charge is 2.27. The molecule has 0 fully saturated rings. The minimum absolute atomic E-state index is 0.247. The van der Waals surface area contributed by atoms with Gasteiger partial charge in [0.2, 0.25) is 0 Å². The van der Waals surface area contributed by atoms with Crippen LogP contribution in [0.3, 0.4) is 0 Å². The van der Waals surface area contributed by atoms with E-state index in [0.717, 1.165) is 79.0 Å². The van der Waals surface area contributed by atoms with Crippen LogP contribution in [0.5, 0.6) is 0 Å². The van der Waals surface area contributed by atoms with Crippen LogP contribution in [0.2, 0.25) is 0 Å². The quantitative estimate of drug-likeness (QED) is 0.145. The van der Waals surface area contributed by atoms with Crippen molar-refractivity contribution in [3.05, 3.63) is 228 Å². The smallest absolute Gasteiger partial charge is 0.164 e. The first-order valence-electron chi connectivity index (χ1n) is 21.5. The van der Waals surface area contributed by atoms with E-state index in [0.29, 0.717) is 34.8 Å². The standard InChI is InChI=1S/C57H43N7/c1-38-17-12-13-26-49(38)55-60-52(41-18-6-3-7-19-41)59-53(61-55)42-31-29-40(30-32-42)47-33-39(37-58)34-48(36-47)51-28-15-14-27-50(51)45-24-16-25-46(35-45)54-62-56(43-20-8-4-9-21-43)64(2)57(63-54)44-22-10-5-11-23-44/h3-16,18-36,38,56H,17H2,1-2H3. The first kappa shape index (κ1) is 39.8. The molecule has 0 radical (unpaired) electrons. The van der Waals surface area contributed by atoms with Gasteiger partial charge in [0.05, 0.1) is 11.6 Å². The summed E-state index contributed by atoms with van der Waals surface area (Å²) in [5.74, 6) is 3.78. The molecule has 2 atom stereocenters. The lowest BCUT2D eigenvalue weighted by molar-refractivity contribution is 0.383. The summed E-state index contributed by atoms with van der Waals surface area (Å²) in [4.78, 5) is 27.5. The van der Waals surface area contributed by atoms with Gasteiger partial charge >= 0.3 is 0 Å². The largest absolute Gasteiger partial charge is 0.333 e. The molecule has 0 spiro atoms. The number of hydrogen-bond acceptors (Lipinski definition) is 7. The predicted octanol–water partition coefficient (Wildman–Crippen LogP) is 12.9. The molecule has 2 heterocycles. The van der Waals surface area contributed by atoms with Crippen LogP contribution in [0, 0.1) is 17.2 Å². The Morgan fingerprint density at radius 1 is 0.531 bits per heavy atom. The highest BCUT2D eigenvalue weighted by Crippen LogP contribution is 2.37. The summed E-state index contributed by atoms with van der Waals surface area (Å²) in [5, 5.41) is 10.3. The maximum absolute atomic E-state index is 10.3. The third-order valence-corrected chi connectivity index (χ3v) is 11.9. The maximum Gasteiger partial charge on any atom is 0.164 e. The Kier molecular flexibility index (Phi) is 10.9. The number of amidine groups is 2. The molecule has 0 bridgehead atoms. The molecule has 0 amide bonds. The Morgan fingerprint density at radius 2 is 1.08 bits per heavy atom. The lowest BCUT2D eigenvalue weighted by Crippen LogP contribution is -2.35. The molecular formula is C57H43N7. The fraction of sp³-hybridized carbons (Fsp3) is 0.0877. The highest BCUT2D eigenvalue weighted by molar-refractivity contribution is 6.13. The van der Waals surface area contributed by atoms with E-state index in [1.807, 2.05) is 84.9 Å². The molecule has 7 heteroatoms. The van der Waals surface area contributed by atoms with Crippen molar-refractivity contribution in [2.45, 2.75) is 19.5 Å². The Labute approximate surface area is 373 Å². The fourth-order valence-electron chi connectivity index (χ4n) is 8.47. The average molecular weight is 826 g/mol. The summed E-state index contributed by atoms with van der Waals surface area (Å²) < 4.78 is 0. The lowest BCUT2D eigenvalue weighted by atomic mass is 9.90. The van der Waals surface area contributed by atoms with Crippen molar-refractivity contribution in [1.82, 2.24) is 19.9 Å². The minimum Gasteiger partial charge on any atom is -0.333 e. The van der Waals surface area contributed by atoms with Crippen LogP contribution in [0.15, 0.2) is 210 Å². The zero-order valence-electron chi connectivity index (χ0n) is 35.5. The average Bonchev–Trinajstić information content (AvgIpc) is 3.37. The van der Waals surface area contributed by atoms with E-state index in [1.165, 1.54) is 0 Å². The number of allylic oxidation sites excluding steroid dienone is 4. The van der Waals surface area contributed by atoms with Gasteiger partial charge in [-0.05, 0) is 75.5 Å². The molecule has 0 N–H and O–H groups in total. The van der Waals surface area contributed by atoms with Crippen molar-refractivity contribution in [2.75, 3.05) is 7.05 Å². The SMILES string of the molecule is CC1CC=CC=C1c1nc(-c2ccccc2)nc(-c2ccc(-c3cc(C#N)cc(-c4ccccc4-c4cccc(C5=NC(c6ccccc6)N(C)C(c6ccccc6)=N5)c4)c3)cc2)n1. The minimum atomic E-state index is -0.247. The van der Waals surface area contributed by atoms with Crippen molar-refractivity contribution >= 4 is 17.2 Å². The summed E-state index contributed by atoms with van der Waals surface area (Å²) in [7, 11) is 2.05. The van der Waals surface area contributed by atoms with Gasteiger partial charge in [0, 0.05) is 34.9 Å². The summed E-state index contributed by atoms with van der Waals surface area (Å²) >= 11 is 0. The van der Waals surface area contributed by atoms with E-state index < -0.39 is 0 Å². The van der Waals surface area contributed by atoms with Crippen molar-refractivity contribution in [1.29, 1.82) is 5.26 Å². The molecule has 7 aromatic carbocycles. The molecule has 306 valence electrons. The number of aromatic nitrogens is 3. The Bertz CT molecular complexity index is 3160. The lowest BCUT2D eigenvalue weighted by Gasteiger charge is -2.32. The van der Waals surface area contributed by atoms with E-state index in [4.69, 9.17) is 24.9 Å². The van der Waals surface area contributed by atoms with Crippen LogP contribution in [0.25, 0.3) is 61.7 Å². The number of rotatable bonds is 9. The highest BCUT2D eigenvalue weighted by atomic mass is 15.3. The van der Waals surface area contributed by atoms with E-state index in [2.05, 4.69) is 140 Å². The van der Waals surface area contributed by atoms with Crippen LogP contribution in [-0.2, 0) is 0 Å². The molecule has 0 saturated carbocycles. The first-order chi connectivity index (χ1) is 31.5. The van der Waals surface area contributed by atoms with Gasteiger partial charge in [-0.2, -0.15) is 5.26 Å². The number of aliphatic imine (C=N–C) groups is 2. The topological polar surface area (TPSA) is 90.4 Å². The third kappa shape index (κ3) is 8.09. The zero-order valence-corrected chi connectivity index (χ0v) is 35.5. The van der Waals surface area contributed by atoms with E-state index in [-0.39, 0.29) is 6.17 Å². The van der Waals surface area contributed by atoms with E-state index in [1.54, 1.807) is 0 Å². The van der Waals surface area contributed by atoms with Gasteiger partial charge in [0.25, 0.3) is 0 Å². The molecule has 8 aromatic rings. The maximum atomic E-state index is 10.3. The second kappa shape index (κ2) is 17.6. The summed E-state index contributed by atoms with van der Waals surface area (Å²) in [6.45, 7) is 2.21. The van der Waals surface area contributed by atoms with E-state index >= 15 is 0 Å². The number of hydrogen-bond donors (Lipinski definition) is 0. The molecule has 1 aromatic heterocycles. The molecule has 1 aliphatic carbocycles. The fourth-order valence-corrected chi connectivity index (χ4v) is 8.47. The normalized spacial score (nSPS) is 15.8. The second-order valence-corrected chi connectivity index (χ2v) is 16.1. The van der Waals surface area contributed by atoms with E-state index in [9.17, 15) is 5.26 Å². The number of benzene rings is 7. The molecular weight excluding hydrogens is 783 g/mol. The molecule has 2 unspecified atom stereocenters. The zero-order chi connectivity index (χ0) is 43.4. The Balaban J connectivity index is 1.00. The van der Waals surface area contributed by atoms with Crippen molar-refractivity contribution in [3.8, 4) is 62.2 Å². The molecule has 2 aliphatic rings. The summed E-state index contributed by atoms with van der Waals surface area (Å²) in [6, 6.07) is 64.3. The molecule has 64 heavy (non-hydrogen) atoms. The second-order valence-electron chi connectivity index (χ2n) is 16.1. The predicted molar refractivity (Wildman–Crippen MR) is 259 cm³/mol.